The van der Waals surface area contributed by atoms with Crippen LogP contribution in [0, 0.1) is 12.8 Å². The molecule has 2 saturated heterocycles. The van der Waals surface area contributed by atoms with Crippen LogP contribution in [0.15, 0.2) is 36.8 Å². The molecule has 2 aliphatic heterocycles. The third-order valence-electron chi connectivity index (χ3n) is 5.11. The molecule has 0 saturated carbocycles. The van der Waals surface area contributed by atoms with Gasteiger partial charge in [-0.05, 0) is 31.9 Å². The zero-order valence-corrected chi connectivity index (χ0v) is 14.8. The number of carbonyl (C=O) groups excluding carboxylic acids is 1. The van der Waals surface area contributed by atoms with Gasteiger partial charge in [-0.3, -0.25) is 19.7 Å². The van der Waals surface area contributed by atoms with Gasteiger partial charge in [0.2, 0.25) is 5.91 Å². The van der Waals surface area contributed by atoms with E-state index in [1.54, 1.807) is 18.6 Å². The van der Waals surface area contributed by atoms with Crippen LogP contribution >= 0.6 is 0 Å². The minimum atomic E-state index is -0.138. The SMILES string of the molecule is Cc1cccc(CN2C[C@H](C(=O)Nc3cnccn3)C[C@H]3OCC[C@H]32)n1. The number of aryl methyl sites for hydroxylation is 1. The van der Waals surface area contributed by atoms with Crippen molar-refractivity contribution in [2.75, 3.05) is 18.5 Å². The number of amides is 1. The number of nitrogens with zero attached hydrogens (tertiary/aromatic N) is 4. The second-order valence-electron chi connectivity index (χ2n) is 6.98. The molecule has 2 fully saturated rings. The van der Waals surface area contributed by atoms with Crippen molar-refractivity contribution in [2.24, 2.45) is 5.92 Å². The van der Waals surface area contributed by atoms with Crippen LogP contribution in [0.4, 0.5) is 5.82 Å². The first-order chi connectivity index (χ1) is 12.7. The number of aromatic nitrogens is 3. The molecule has 4 rings (SSSR count). The van der Waals surface area contributed by atoms with E-state index in [9.17, 15) is 4.79 Å². The lowest BCUT2D eigenvalue weighted by atomic mass is 9.89. The quantitative estimate of drug-likeness (QED) is 0.903. The van der Waals surface area contributed by atoms with Crippen molar-refractivity contribution in [1.29, 1.82) is 0 Å². The Morgan fingerprint density at radius 3 is 3.12 bits per heavy atom. The third kappa shape index (κ3) is 3.73. The molecule has 0 spiro atoms. The summed E-state index contributed by atoms with van der Waals surface area (Å²) < 4.78 is 5.91. The molecule has 7 nitrogen and oxygen atoms in total. The average molecular weight is 353 g/mol. The fourth-order valence-corrected chi connectivity index (χ4v) is 3.91. The van der Waals surface area contributed by atoms with Crippen LogP contribution in [-0.2, 0) is 16.1 Å². The highest BCUT2D eigenvalue weighted by molar-refractivity contribution is 5.91. The summed E-state index contributed by atoms with van der Waals surface area (Å²) in [7, 11) is 0. The van der Waals surface area contributed by atoms with Crippen molar-refractivity contribution in [3.8, 4) is 0 Å². The van der Waals surface area contributed by atoms with E-state index >= 15 is 0 Å². The minimum absolute atomic E-state index is 0.0262. The molecule has 0 aliphatic carbocycles. The Kier molecular flexibility index (Phi) is 4.90. The van der Waals surface area contributed by atoms with E-state index in [2.05, 4.69) is 25.2 Å². The first kappa shape index (κ1) is 17.1. The first-order valence-electron chi connectivity index (χ1n) is 9.04. The Labute approximate surface area is 152 Å². The van der Waals surface area contributed by atoms with Crippen LogP contribution < -0.4 is 5.32 Å². The number of piperidine rings is 1. The van der Waals surface area contributed by atoms with E-state index in [-0.39, 0.29) is 17.9 Å². The number of ether oxygens (including phenoxy) is 1. The zero-order chi connectivity index (χ0) is 17.9. The predicted molar refractivity (Wildman–Crippen MR) is 96.3 cm³/mol. The van der Waals surface area contributed by atoms with Gasteiger partial charge in [-0.2, -0.15) is 0 Å². The molecule has 3 atom stereocenters. The molecule has 136 valence electrons. The molecule has 2 aromatic rings. The van der Waals surface area contributed by atoms with Crippen LogP contribution in [0.3, 0.4) is 0 Å². The van der Waals surface area contributed by atoms with Gasteiger partial charge in [-0.15, -0.1) is 0 Å². The predicted octanol–water partition coefficient (Wildman–Crippen LogP) is 1.80. The third-order valence-corrected chi connectivity index (χ3v) is 5.11. The van der Waals surface area contributed by atoms with Gasteiger partial charge in [0, 0.05) is 43.8 Å². The largest absolute Gasteiger partial charge is 0.377 e. The minimum Gasteiger partial charge on any atom is -0.377 e. The second kappa shape index (κ2) is 7.47. The Hall–Kier alpha value is -2.38. The van der Waals surface area contributed by atoms with E-state index in [1.807, 2.05) is 25.1 Å². The number of rotatable bonds is 4. The van der Waals surface area contributed by atoms with E-state index in [0.717, 1.165) is 37.4 Å². The van der Waals surface area contributed by atoms with Gasteiger partial charge in [0.25, 0.3) is 0 Å². The first-order valence-corrected chi connectivity index (χ1v) is 9.04. The Bertz CT molecular complexity index is 770. The molecular formula is C19H23N5O2. The van der Waals surface area contributed by atoms with Gasteiger partial charge >= 0.3 is 0 Å². The molecule has 1 amide bonds. The van der Waals surface area contributed by atoms with E-state index in [0.29, 0.717) is 18.4 Å². The molecule has 26 heavy (non-hydrogen) atoms. The molecule has 2 aromatic heterocycles. The molecule has 1 N–H and O–H groups in total. The van der Waals surface area contributed by atoms with Gasteiger partial charge < -0.3 is 10.1 Å². The highest BCUT2D eigenvalue weighted by Gasteiger charge is 2.42. The van der Waals surface area contributed by atoms with Crippen molar-refractivity contribution in [3.05, 3.63) is 48.2 Å². The van der Waals surface area contributed by atoms with E-state index < -0.39 is 0 Å². The summed E-state index contributed by atoms with van der Waals surface area (Å²) in [4.78, 5) is 27.8. The highest BCUT2D eigenvalue weighted by Crippen LogP contribution is 2.32. The smallest absolute Gasteiger partial charge is 0.230 e. The second-order valence-corrected chi connectivity index (χ2v) is 6.98. The molecular weight excluding hydrogens is 330 g/mol. The van der Waals surface area contributed by atoms with E-state index in [1.165, 1.54) is 0 Å². The number of nitrogens with one attached hydrogen (secondary N) is 1. The van der Waals surface area contributed by atoms with Crippen LogP contribution in [0.2, 0.25) is 0 Å². The number of likely N-dealkylation sites (tertiary alicyclic amines) is 1. The molecule has 0 unspecified atom stereocenters. The molecule has 0 aromatic carbocycles. The van der Waals surface area contributed by atoms with Gasteiger partial charge in [0.1, 0.15) is 0 Å². The maximum absolute atomic E-state index is 12.7. The Balaban J connectivity index is 1.48. The fourth-order valence-electron chi connectivity index (χ4n) is 3.91. The number of anilines is 1. The molecule has 2 aliphatic rings. The Morgan fingerprint density at radius 1 is 1.38 bits per heavy atom. The lowest BCUT2D eigenvalue weighted by Crippen LogP contribution is -2.51. The van der Waals surface area contributed by atoms with Crippen LogP contribution in [0.5, 0.6) is 0 Å². The van der Waals surface area contributed by atoms with Crippen molar-refractivity contribution in [2.45, 2.75) is 38.5 Å². The summed E-state index contributed by atoms with van der Waals surface area (Å²) in [6.45, 7) is 4.19. The summed E-state index contributed by atoms with van der Waals surface area (Å²) in [5.74, 6) is 0.321. The molecule has 4 heterocycles. The fraction of sp³-hybridized carbons (Fsp3) is 0.474. The van der Waals surface area contributed by atoms with Crippen molar-refractivity contribution in [3.63, 3.8) is 0 Å². The van der Waals surface area contributed by atoms with Crippen molar-refractivity contribution < 1.29 is 9.53 Å². The summed E-state index contributed by atoms with van der Waals surface area (Å²) >= 11 is 0. The summed E-state index contributed by atoms with van der Waals surface area (Å²) in [6.07, 6.45) is 6.57. The number of carbonyl (C=O) groups is 1. The van der Waals surface area contributed by atoms with Crippen molar-refractivity contribution >= 4 is 11.7 Å². The van der Waals surface area contributed by atoms with Crippen LogP contribution in [0.1, 0.15) is 24.2 Å². The maximum atomic E-state index is 12.7. The lowest BCUT2D eigenvalue weighted by molar-refractivity contribution is -0.124. The van der Waals surface area contributed by atoms with Gasteiger partial charge in [0.15, 0.2) is 5.82 Å². The van der Waals surface area contributed by atoms with Crippen LogP contribution in [-0.4, -0.2) is 51.1 Å². The monoisotopic (exact) mass is 353 g/mol. The maximum Gasteiger partial charge on any atom is 0.230 e. The number of pyridine rings is 1. The average Bonchev–Trinajstić information content (AvgIpc) is 3.11. The summed E-state index contributed by atoms with van der Waals surface area (Å²) in [5, 5.41) is 2.87. The molecule has 0 bridgehead atoms. The lowest BCUT2D eigenvalue weighted by Gasteiger charge is -2.40. The van der Waals surface area contributed by atoms with Gasteiger partial charge in [-0.1, -0.05) is 6.07 Å². The highest BCUT2D eigenvalue weighted by atomic mass is 16.5. The summed E-state index contributed by atoms with van der Waals surface area (Å²) in [5.41, 5.74) is 2.04. The molecule has 7 heteroatoms. The number of fused-ring (bicyclic) bond motifs is 1. The van der Waals surface area contributed by atoms with Crippen LogP contribution in [0.25, 0.3) is 0 Å². The van der Waals surface area contributed by atoms with Gasteiger partial charge in [-0.25, -0.2) is 4.98 Å². The number of hydrogen-bond acceptors (Lipinski definition) is 6. The molecule has 0 radical (unpaired) electrons. The summed E-state index contributed by atoms with van der Waals surface area (Å²) in [6, 6.07) is 6.43. The Morgan fingerprint density at radius 2 is 2.31 bits per heavy atom. The van der Waals surface area contributed by atoms with Gasteiger partial charge in [0.05, 0.1) is 23.9 Å². The van der Waals surface area contributed by atoms with E-state index in [4.69, 9.17) is 4.74 Å². The zero-order valence-electron chi connectivity index (χ0n) is 14.8. The standard InChI is InChI=1S/C19H23N5O2/c1-13-3-2-4-15(22-13)12-24-11-14(9-17-16(24)5-8-26-17)19(25)23-18-10-20-6-7-21-18/h2-4,6-7,10,14,16-17H,5,8-9,11-12H2,1H3,(H,21,23,25)/t14-,16-,17-/m1/s1. The topological polar surface area (TPSA) is 80.2 Å². The number of hydrogen-bond donors (Lipinski definition) is 1. The van der Waals surface area contributed by atoms with Crippen molar-refractivity contribution in [1.82, 2.24) is 19.9 Å². The normalized spacial score (nSPS) is 25.7.